The van der Waals surface area contributed by atoms with Crippen molar-refractivity contribution in [2.24, 2.45) is 0 Å². The largest absolute Gasteiger partial charge is 0.437 e. The number of fused-ring (bicyclic) bond motifs is 1. The van der Waals surface area contributed by atoms with Crippen molar-refractivity contribution in [1.82, 2.24) is 4.37 Å². The lowest BCUT2D eigenvalue weighted by Crippen LogP contribution is -1.63. The molecule has 0 saturated carbocycles. The predicted molar refractivity (Wildman–Crippen MR) is 44.3 cm³/mol. The molecular formula is C6H4BrNOS. The molecule has 0 bridgehead atoms. The van der Waals surface area contributed by atoms with Gasteiger partial charge in [-0.1, -0.05) is 0 Å². The first-order chi connectivity index (χ1) is 4.77. The predicted octanol–water partition coefficient (Wildman–Crippen LogP) is 2.96. The molecule has 0 aliphatic rings. The van der Waals surface area contributed by atoms with E-state index in [1.165, 1.54) is 11.5 Å². The molecule has 2 nitrogen and oxygen atoms in total. The maximum Gasteiger partial charge on any atom is 0.208 e. The average Bonchev–Trinajstić information content (AvgIpc) is 2.35. The van der Waals surface area contributed by atoms with Crippen LogP contribution in [-0.2, 0) is 0 Å². The van der Waals surface area contributed by atoms with E-state index in [0.29, 0.717) is 0 Å². The summed E-state index contributed by atoms with van der Waals surface area (Å²) in [6.45, 7) is 1.97. The second-order valence-electron chi connectivity index (χ2n) is 2.02. The molecule has 0 aliphatic carbocycles. The topological polar surface area (TPSA) is 26.0 Å². The van der Waals surface area contributed by atoms with Crippen molar-refractivity contribution in [3.63, 3.8) is 0 Å². The van der Waals surface area contributed by atoms with Gasteiger partial charge in [-0.25, -0.2) is 0 Å². The van der Waals surface area contributed by atoms with Gasteiger partial charge in [-0.3, -0.25) is 0 Å². The summed E-state index contributed by atoms with van der Waals surface area (Å²) in [6.07, 6.45) is 0. The Morgan fingerprint density at radius 1 is 1.70 bits per heavy atom. The third-order valence-electron chi connectivity index (χ3n) is 1.32. The van der Waals surface area contributed by atoms with Crippen molar-refractivity contribution >= 4 is 37.7 Å². The lowest BCUT2D eigenvalue weighted by molar-refractivity contribution is 0.594. The monoisotopic (exact) mass is 217 g/mol. The van der Waals surface area contributed by atoms with E-state index < -0.39 is 0 Å². The Labute approximate surface area is 70.1 Å². The van der Waals surface area contributed by atoms with E-state index in [1.807, 2.05) is 13.0 Å². The van der Waals surface area contributed by atoms with Crippen LogP contribution in [0.15, 0.2) is 15.2 Å². The van der Waals surface area contributed by atoms with Gasteiger partial charge in [0.25, 0.3) is 0 Å². The molecule has 0 saturated heterocycles. The van der Waals surface area contributed by atoms with E-state index in [2.05, 4.69) is 20.3 Å². The molecule has 2 rings (SSSR count). The lowest BCUT2D eigenvalue weighted by atomic mass is 10.3. The van der Waals surface area contributed by atoms with Gasteiger partial charge in [0.1, 0.15) is 0 Å². The number of aromatic nitrogens is 1. The van der Waals surface area contributed by atoms with Gasteiger partial charge in [-0.15, -0.1) is 0 Å². The SMILES string of the molecule is Cc1nsc2oc(Br)cc12. The van der Waals surface area contributed by atoms with Crippen molar-refractivity contribution in [2.75, 3.05) is 0 Å². The maximum absolute atomic E-state index is 5.26. The number of halogens is 1. The van der Waals surface area contributed by atoms with Crippen LogP contribution in [0.5, 0.6) is 0 Å². The first-order valence-corrected chi connectivity index (χ1v) is 4.35. The average molecular weight is 218 g/mol. The number of nitrogens with zero attached hydrogens (tertiary/aromatic N) is 1. The summed E-state index contributed by atoms with van der Waals surface area (Å²) in [7, 11) is 0. The molecule has 0 amide bonds. The standard InChI is InChI=1S/C6H4BrNOS/c1-3-4-2-5(7)9-6(4)10-8-3/h2H,1H3. The minimum Gasteiger partial charge on any atom is -0.437 e. The molecule has 0 aromatic carbocycles. The van der Waals surface area contributed by atoms with Crippen LogP contribution in [0.25, 0.3) is 10.3 Å². The summed E-state index contributed by atoms with van der Waals surface area (Å²) >= 11 is 4.64. The molecule has 0 fully saturated rings. The molecule has 2 aromatic rings. The highest BCUT2D eigenvalue weighted by molar-refractivity contribution is 9.10. The Bertz CT molecular complexity index is 365. The van der Waals surface area contributed by atoms with Crippen LogP contribution in [0.3, 0.4) is 0 Å². The highest BCUT2D eigenvalue weighted by Gasteiger charge is 2.06. The Balaban J connectivity index is 2.90. The van der Waals surface area contributed by atoms with Crippen LogP contribution in [0.2, 0.25) is 0 Å². The Hall–Kier alpha value is -0.350. The van der Waals surface area contributed by atoms with E-state index >= 15 is 0 Å². The molecule has 0 unspecified atom stereocenters. The first-order valence-electron chi connectivity index (χ1n) is 2.78. The third-order valence-corrected chi connectivity index (χ3v) is 2.55. The molecule has 4 heteroatoms. The highest BCUT2D eigenvalue weighted by atomic mass is 79.9. The van der Waals surface area contributed by atoms with E-state index in [-0.39, 0.29) is 0 Å². The maximum atomic E-state index is 5.26. The van der Waals surface area contributed by atoms with Gasteiger partial charge in [0.05, 0.1) is 11.1 Å². The van der Waals surface area contributed by atoms with Crippen molar-refractivity contribution in [2.45, 2.75) is 6.92 Å². The van der Waals surface area contributed by atoms with Gasteiger partial charge in [0, 0.05) is 17.6 Å². The van der Waals surface area contributed by atoms with E-state index in [1.54, 1.807) is 0 Å². The molecule has 52 valence electrons. The molecule has 10 heavy (non-hydrogen) atoms. The van der Waals surface area contributed by atoms with Crippen LogP contribution in [-0.4, -0.2) is 4.37 Å². The number of hydrogen-bond acceptors (Lipinski definition) is 3. The molecule has 0 atom stereocenters. The van der Waals surface area contributed by atoms with Crippen LogP contribution in [0, 0.1) is 6.92 Å². The Kier molecular flexibility index (Phi) is 1.32. The Morgan fingerprint density at radius 3 is 3.20 bits per heavy atom. The van der Waals surface area contributed by atoms with Crippen molar-refractivity contribution in [3.05, 3.63) is 16.4 Å². The summed E-state index contributed by atoms with van der Waals surface area (Å²) in [5.41, 5.74) is 1.04. The fourth-order valence-electron chi connectivity index (χ4n) is 0.824. The number of aryl methyl sites for hydroxylation is 1. The molecular weight excluding hydrogens is 214 g/mol. The minimum absolute atomic E-state index is 0.777. The zero-order chi connectivity index (χ0) is 7.14. The van der Waals surface area contributed by atoms with E-state index in [0.717, 1.165) is 20.6 Å². The summed E-state index contributed by atoms with van der Waals surface area (Å²) in [5, 5.41) is 1.11. The fraction of sp³-hybridized carbons (Fsp3) is 0.167. The number of rotatable bonds is 0. The third kappa shape index (κ3) is 0.793. The quantitative estimate of drug-likeness (QED) is 0.679. The van der Waals surface area contributed by atoms with Gasteiger partial charge in [0.15, 0.2) is 4.67 Å². The second-order valence-corrected chi connectivity index (χ2v) is 3.54. The first kappa shape index (κ1) is 6.37. The number of furan rings is 1. The normalized spacial score (nSPS) is 11.0. The van der Waals surface area contributed by atoms with Crippen LogP contribution in [0.1, 0.15) is 5.69 Å². The zero-order valence-electron chi connectivity index (χ0n) is 5.22. The van der Waals surface area contributed by atoms with Gasteiger partial charge in [-0.05, 0) is 22.9 Å². The van der Waals surface area contributed by atoms with E-state index in [9.17, 15) is 0 Å². The zero-order valence-corrected chi connectivity index (χ0v) is 7.62. The highest BCUT2D eigenvalue weighted by Crippen LogP contribution is 2.28. The lowest BCUT2D eigenvalue weighted by Gasteiger charge is -1.73. The van der Waals surface area contributed by atoms with E-state index in [4.69, 9.17) is 4.42 Å². The fourth-order valence-corrected chi connectivity index (χ4v) is 2.07. The minimum atomic E-state index is 0.777. The van der Waals surface area contributed by atoms with Gasteiger partial charge < -0.3 is 4.42 Å². The van der Waals surface area contributed by atoms with Crippen molar-refractivity contribution < 1.29 is 4.42 Å². The smallest absolute Gasteiger partial charge is 0.208 e. The van der Waals surface area contributed by atoms with Crippen LogP contribution in [0.4, 0.5) is 0 Å². The summed E-state index contributed by atoms with van der Waals surface area (Å²) < 4.78 is 10.2. The number of hydrogen-bond donors (Lipinski definition) is 0. The molecule has 0 radical (unpaired) electrons. The summed E-state index contributed by atoms with van der Waals surface area (Å²) in [4.78, 5) is 0.893. The molecule has 0 N–H and O–H groups in total. The molecule has 2 aromatic heterocycles. The van der Waals surface area contributed by atoms with Crippen molar-refractivity contribution in [3.8, 4) is 0 Å². The molecule has 0 aliphatic heterocycles. The van der Waals surface area contributed by atoms with Gasteiger partial charge >= 0.3 is 0 Å². The molecule has 2 heterocycles. The van der Waals surface area contributed by atoms with Crippen molar-refractivity contribution in [1.29, 1.82) is 0 Å². The summed E-state index contributed by atoms with van der Waals surface area (Å²) in [5.74, 6) is 0. The van der Waals surface area contributed by atoms with Crippen LogP contribution >= 0.6 is 27.5 Å². The summed E-state index contributed by atoms with van der Waals surface area (Å²) in [6, 6.07) is 1.94. The molecule has 0 spiro atoms. The van der Waals surface area contributed by atoms with Gasteiger partial charge in [-0.2, -0.15) is 4.37 Å². The van der Waals surface area contributed by atoms with Gasteiger partial charge in [0.2, 0.25) is 4.90 Å². The van der Waals surface area contributed by atoms with Crippen LogP contribution < -0.4 is 0 Å². The Morgan fingerprint density at radius 2 is 2.50 bits per heavy atom. The second kappa shape index (κ2) is 2.07.